The maximum atomic E-state index is 11.6. The number of aryl methyl sites for hydroxylation is 1. The molecule has 0 fully saturated rings. The van der Waals surface area contributed by atoms with E-state index >= 15 is 0 Å². The van der Waals surface area contributed by atoms with E-state index in [1.54, 1.807) is 12.1 Å². The average Bonchev–Trinajstić information content (AvgIpc) is 2.80. The van der Waals surface area contributed by atoms with Gasteiger partial charge in [-0.1, -0.05) is 41.9 Å². The quantitative estimate of drug-likeness (QED) is 0.411. The van der Waals surface area contributed by atoms with Gasteiger partial charge in [-0.15, -0.1) is 0 Å². The van der Waals surface area contributed by atoms with E-state index in [1.165, 1.54) is 26.6 Å². The number of primary amides is 1. The van der Waals surface area contributed by atoms with Gasteiger partial charge in [-0.25, -0.2) is 9.97 Å². The minimum Gasteiger partial charge on any atom is -0.495 e. The highest BCUT2D eigenvalue weighted by Gasteiger charge is 2.18. The van der Waals surface area contributed by atoms with Crippen LogP contribution in [0.5, 0.6) is 17.2 Å². The van der Waals surface area contributed by atoms with E-state index < -0.39 is 5.91 Å². The SMILES string of the molecule is C=C(C(N)=O)c1c(C)cccc1Nc1ncc(OCc2c(Cl)c(OC)cc(OC)c2Cl)cn1. The van der Waals surface area contributed by atoms with Crippen LogP contribution in [0, 0.1) is 6.92 Å². The lowest BCUT2D eigenvalue weighted by Crippen LogP contribution is -2.14. The number of nitrogens with zero attached hydrogens (tertiary/aromatic N) is 2. The molecule has 3 N–H and O–H groups in total. The van der Waals surface area contributed by atoms with Crippen LogP contribution in [-0.4, -0.2) is 30.1 Å². The highest BCUT2D eigenvalue weighted by molar-refractivity contribution is 6.37. The summed E-state index contributed by atoms with van der Waals surface area (Å²) in [5, 5.41) is 3.72. The van der Waals surface area contributed by atoms with Gasteiger partial charge in [0.25, 0.3) is 0 Å². The zero-order valence-electron chi connectivity index (χ0n) is 18.2. The van der Waals surface area contributed by atoms with Gasteiger partial charge in [-0.2, -0.15) is 0 Å². The van der Waals surface area contributed by atoms with Crippen LogP contribution >= 0.6 is 23.2 Å². The van der Waals surface area contributed by atoms with Crippen LogP contribution in [0.2, 0.25) is 10.0 Å². The predicted molar refractivity (Wildman–Crippen MR) is 129 cm³/mol. The maximum Gasteiger partial charge on any atom is 0.248 e. The van der Waals surface area contributed by atoms with Crippen LogP contribution in [0.15, 0.2) is 43.2 Å². The molecule has 3 rings (SSSR count). The largest absolute Gasteiger partial charge is 0.495 e. The summed E-state index contributed by atoms with van der Waals surface area (Å²) in [6, 6.07) is 7.08. The van der Waals surface area contributed by atoms with Crippen molar-refractivity contribution in [3.63, 3.8) is 0 Å². The van der Waals surface area contributed by atoms with Gasteiger partial charge in [0.15, 0.2) is 5.75 Å². The lowest BCUT2D eigenvalue weighted by Gasteiger charge is -2.15. The van der Waals surface area contributed by atoms with Gasteiger partial charge in [-0.05, 0) is 18.6 Å². The number of carbonyl (C=O) groups is 1. The Hall–Kier alpha value is -3.49. The van der Waals surface area contributed by atoms with Crippen molar-refractivity contribution in [3.8, 4) is 17.2 Å². The van der Waals surface area contributed by atoms with E-state index in [4.69, 9.17) is 43.1 Å². The van der Waals surface area contributed by atoms with E-state index in [2.05, 4.69) is 21.9 Å². The van der Waals surface area contributed by atoms with E-state index in [1.807, 2.05) is 19.1 Å². The first-order valence-corrected chi connectivity index (χ1v) is 10.4. The molecule has 0 atom stereocenters. The molecule has 10 heteroatoms. The average molecular weight is 489 g/mol. The molecule has 0 spiro atoms. The van der Waals surface area contributed by atoms with E-state index in [-0.39, 0.29) is 12.2 Å². The molecule has 0 aliphatic carbocycles. The topological polar surface area (TPSA) is 109 Å². The fourth-order valence-corrected chi connectivity index (χ4v) is 3.70. The van der Waals surface area contributed by atoms with Crippen LogP contribution in [0.3, 0.4) is 0 Å². The smallest absolute Gasteiger partial charge is 0.248 e. The Labute approximate surface area is 201 Å². The first-order valence-electron chi connectivity index (χ1n) is 9.66. The summed E-state index contributed by atoms with van der Waals surface area (Å²) in [7, 11) is 2.99. The molecule has 0 saturated carbocycles. The van der Waals surface area contributed by atoms with E-state index in [0.29, 0.717) is 50.1 Å². The first-order chi connectivity index (χ1) is 15.8. The van der Waals surface area contributed by atoms with Gasteiger partial charge in [0.1, 0.15) is 18.1 Å². The molecular weight excluding hydrogens is 467 g/mol. The minimum atomic E-state index is -0.608. The molecular formula is C23H22Cl2N4O4. The van der Waals surface area contributed by atoms with Gasteiger partial charge in [0.05, 0.1) is 36.7 Å². The highest BCUT2D eigenvalue weighted by atomic mass is 35.5. The lowest BCUT2D eigenvalue weighted by molar-refractivity contribution is -0.112. The maximum absolute atomic E-state index is 11.6. The van der Waals surface area contributed by atoms with Crippen molar-refractivity contribution in [1.29, 1.82) is 0 Å². The number of aromatic nitrogens is 2. The number of rotatable bonds is 9. The van der Waals surface area contributed by atoms with Gasteiger partial charge in [0, 0.05) is 28.5 Å². The molecule has 0 aliphatic heterocycles. The summed E-state index contributed by atoms with van der Waals surface area (Å²) in [6.07, 6.45) is 2.99. The second kappa shape index (κ2) is 10.4. The molecule has 0 aliphatic rings. The molecule has 33 heavy (non-hydrogen) atoms. The second-order valence-corrected chi connectivity index (χ2v) is 7.64. The second-order valence-electron chi connectivity index (χ2n) is 6.88. The number of ether oxygens (including phenoxy) is 3. The number of nitrogens with two attached hydrogens (primary N) is 1. The molecule has 0 saturated heterocycles. The van der Waals surface area contributed by atoms with Crippen LogP contribution in [0.4, 0.5) is 11.6 Å². The zero-order valence-corrected chi connectivity index (χ0v) is 19.8. The van der Waals surface area contributed by atoms with Crippen molar-refractivity contribution >= 4 is 46.3 Å². The molecule has 0 radical (unpaired) electrons. The third kappa shape index (κ3) is 5.30. The third-order valence-electron chi connectivity index (χ3n) is 4.79. The first kappa shape index (κ1) is 24.2. The fourth-order valence-electron chi connectivity index (χ4n) is 3.09. The number of benzene rings is 2. The summed E-state index contributed by atoms with van der Waals surface area (Å²) in [5.41, 5.74) is 8.15. The van der Waals surface area contributed by atoms with Gasteiger partial charge in [-0.3, -0.25) is 4.79 Å². The summed E-state index contributed by atoms with van der Waals surface area (Å²) >= 11 is 12.7. The number of nitrogens with one attached hydrogen (secondary N) is 1. The Bertz CT molecular complexity index is 1170. The Morgan fingerprint density at radius 1 is 1.12 bits per heavy atom. The Morgan fingerprint density at radius 2 is 1.73 bits per heavy atom. The van der Waals surface area contributed by atoms with Crippen molar-refractivity contribution in [1.82, 2.24) is 9.97 Å². The Morgan fingerprint density at radius 3 is 2.27 bits per heavy atom. The third-order valence-corrected chi connectivity index (χ3v) is 5.62. The number of carbonyl (C=O) groups excluding carboxylic acids is 1. The van der Waals surface area contributed by atoms with E-state index in [0.717, 1.165) is 5.56 Å². The van der Waals surface area contributed by atoms with Crippen molar-refractivity contribution in [2.24, 2.45) is 5.73 Å². The van der Waals surface area contributed by atoms with Crippen LogP contribution in [0.25, 0.3) is 5.57 Å². The van der Waals surface area contributed by atoms with Crippen LogP contribution in [0.1, 0.15) is 16.7 Å². The molecule has 0 unspecified atom stereocenters. The number of hydrogen-bond donors (Lipinski definition) is 2. The number of hydrogen-bond acceptors (Lipinski definition) is 7. The molecule has 2 aromatic carbocycles. The van der Waals surface area contributed by atoms with Crippen LogP contribution < -0.4 is 25.3 Å². The Kier molecular flexibility index (Phi) is 7.63. The monoisotopic (exact) mass is 488 g/mol. The molecule has 1 aromatic heterocycles. The number of halogens is 2. The molecule has 8 nitrogen and oxygen atoms in total. The number of methoxy groups -OCH3 is 2. The van der Waals surface area contributed by atoms with Crippen molar-refractivity contribution < 1.29 is 19.0 Å². The van der Waals surface area contributed by atoms with Crippen LogP contribution in [-0.2, 0) is 11.4 Å². The molecule has 1 heterocycles. The predicted octanol–water partition coefficient (Wildman–Crippen LogP) is 4.93. The highest BCUT2D eigenvalue weighted by Crippen LogP contribution is 2.40. The summed E-state index contributed by atoms with van der Waals surface area (Å²) in [4.78, 5) is 20.2. The van der Waals surface area contributed by atoms with Gasteiger partial charge < -0.3 is 25.3 Å². The van der Waals surface area contributed by atoms with Gasteiger partial charge in [0.2, 0.25) is 11.9 Å². The van der Waals surface area contributed by atoms with Gasteiger partial charge >= 0.3 is 0 Å². The summed E-state index contributed by atoms with van der Waals surface area (Å²) in [5.74, 6) is 0.909. The van der Waals surface area contributed by atoms with E-state index in [9.17, 15) is 4.79 Å². The summed E-state index contributed by atoms with van der Waals surface area (Å²) in [6.45, 7) is 5.68. The minimum absolute atomic E-state index is 0.0435. The normalized spacial score (nSPS) is 10.5. The molecule has 0 bridgehead atoms. The zero-order chi connectivity index (χ0) is 24.1. The molecule has 3 aromatic rings. The summed E-state index contributed by atoms with van der Waals surface area (Å²) < 4.78 is 16.3. The number of amides is 1. The fraction of sp³-hybridized carbons (Fsp3) is 0.174. The number of anilines is 2. The lowest BCUT2D eigenvalue weighted by atomic mass is 9.99. The van der Waals surface area contributed by atoms with Crippen molar-refractivity contribution in [2.45, 2.75) is 13.5 Å². The molecule has 172 valence electrons. The molecule has 1 amide bonds. The van der Waals surface area contributed by atoms with Crippen molar-refractivity contribution in [3.05, 3.63) is 70.0 Å². The van der Waals surface area contributed by atoms with Crippen molar-refractivity contribution in [2.75, 3.05) is 19.5 Å². The standard InChI is InChI=1S/C23H22Cl2N4O4/c1-12-6-5-7-16(19(12)13(2)22(26)30)29-23-27-9-14(10-28-23)33-11-15-20(24)17(31-3)8-18(32-4)21(15)25/h5-10H,2,11H2,1,3-4H3,(H2,26,30)(H,27,28,29). The Balaban J connectivity index is 1.78.